The minimum Gasteiger partial charge on any atom is -0.345 e. The Labute approximate surface area is 147 Å². The Bertz CT molecular complexity index is 821. The van der Waals surface area contributed by atoms with Crippen molar-refractivity contribution < 1.29 is 4.79 Å². The Balaban J connectivity index is 1.45. The highest BCUT2D eigenvalue weighted by molar-refractivity contribution is 5.94. The molecular formula is C21H21N3O. The summed E-state index contributed by atoms with van der Waals surface area (Å²) in [6.45, 7) is 0.712. The normalized spacial score (nSPS) is 14.9. The molecule has 1 N–H and O–H groups in total. The average Bonchev–Trinajstić information content (AvgIpc) is 3.37. The van der Waals surface area contributed by atoms with Gasteiger partial charge in [0.05, 0.1) is 12.6 Å². The highest BCUT2D eigenvalue weighted by Crippen LogP contribution is 2.41. The summed E-state index contributed by atoms with van der Waals surface area (Å²) in [7, 11) is 0. The summed E-state index contributed by atoms with van der Waals surface area (Å²) >= 11 is 0. The van der Waals surface area contributed by atoms with Crippen LogP contribution in [-0.4, -0.2) is 15.7 Å². The molecular weight excluding hydrogens is 310 g/mol. The van der Waals surface area contributed by atoms with Crippen LogP contribution in [0.4, 0.5) is 0 Å². The van der Waals surface area contributed by atoms with Gasteiger partial charge in [-0.3, -0.25) is 9.48 Å². The van der Waals surface area contributed by atoms with Gasteiger partial charge in [-0.2, -0.15) is 5.10 Å². The molecule has 1 fully saturated rings. The standard InChI is InChI=1S/C21H21N3O/c25-21(23-20(18-11-12-18)17-5-2-1-3-6-17)19-9-7-16(8-10-19)15-24-14-4-13-22-24/h1-10,13-14,18,20H,11-12,15H2,(H,23,25). The zero-order valence-corrected chi connectivity index (χ0v) is 14.0. The van der Waals surface area contributed by atoms with Crippen molar-refractivity contribution in [3.8, 4) is 0 Å². The summed E-state index contributed by atoms with van der Waals surface area (Å²) in [6.07, 6.45) is 6.06. The second-order valence-electron chi connectivity index (χ2n) is 6.60. The van der Waals surface area contributed by atoms with E-state index in [2.05, 4.69) is 22.5 Å². The smallest absolute Gasteiger partial charge is 0.251 e. The molecule has 4 nitrogen and oxygen atoms in total. The fourth-order valence-electron chi connectivity index (χ4n) is 3.13. The molecule has 0 aliphatic heterocycles. The Hall–Kier alpha value is -2.88. The van der Waals surface area contributed by atoms with Gasteiger partial charge >= 0.3 is 0 Å². The summed E-state index contributed by atoms with van der Waals surface area (Å²) in [4.78, 5) is 12.7. The Morgan fingerprint density at radius 2 is 1.84 bits per heavy atom. The SMILES string of the molecule is O=C(NC(c1ccccc1)C1CC1)c1ccc(Cn2cccn2)cc1. The third-order valence-corrected chi connectivity index (χ3v) is 4.66. The molecule has 1 saturated carbocycles. The first-order valence-corrected chi connectivity index (χ1v) is 8.72. The number of hydrogen-bond donors (Lipinski definition) is 1. The molecule has 1 atom stereocenters. The summed E-state index contributed by atoms with van der Waals surface area (Å²) in [6, 6.07) is 20.0. The van der Waals surface area contributed by atoms with Crippen LogP contribution in [0, 0.1) is 5.92 Å². The summed E-state index contributed by atoms with van der Waals surface area (Å²) in [5.74, 6) is 0.553. The van der Waals surface area contributed by atoms with Crippen molar-refractivity contribution in [3.05, 3.63) is 89.7 Å². The average molecular weight is 331 g/mol. The third kappa shape index (κ3) is 3.79. The Morgan fingerprint density at radius 1 is 1.08 bits per heavy atom. The minimum atomic E-state index is -0.00797. The van der Waals surface area contributed by atoms with E-state index in [-0.39, 0.29) is 11.9 Å². The van der Waals surface area contributed by atoms with Crippen LogP contribution >= 0.6 is 0 Å². The Morgan fingerprint density at radius 3 is 2.48 bits per heavy atom. The van der Waals surface area contributed by atoms with Crippen molar-refractivity contribution in [1.82, 2.24) is 15.1 Å². The van der Waals surface area contributed by atoms with Crippen molar-refractivity contribution in [2.45, 2.75) is 25.4 Å². The Kier molecular flexibility index (Phi) is 4.34. The highest BCUT2D eigenvalue weighted by atomic mass is 16.1. The van der Waals surface area contributed by atoms with Crippen LogP contribution in [0.3, 0.4) is 0 Å². The number of carbonyl (C=O) groups excluding carboxylic acids is 1. The number of hydrogen-bond acceptors (Lipinski definition) is 2. The number of nitrogens with one attached hydrogen (secondary N) is 1. The lowest BCUT2D eigenvalue weighted by atomic mass is 10.0. The van der Waals surface area contributed by atoms with Crippen LogP contribution in [0.5, 0.6) is 0 Å². The maximum atomic E-state index is 12.7. The molecule has 25 heavy (non-hydrogen) atoms. The van der Waals surface area contributed by atoms with E-state index >= 15 is 0 Å². The largest absolute Gasteiger partial charge is 0.345 e. The van der Waals surface area contributed by atoms with Gasteiger partial charge in [-0.15, -0.1) is 0 Å². The van der Waals surface area contributed by atoms with Crippen LogP contribution < -0.4 is 5.32 Å². The van der Waals surface area contributed by atoms with E-state index in [1.807, 2.05) is 59.4 Å². The van der Waals surface area contributed by atoms with Gasteiger partial charge in [0.25, 0.3) is 5.91 Å². The van der Waals surface area contributed by atoms with Crippen LogP contribution in [0.2, 0.25) is 0 Å². The molecule has 1 heterocycles. The zero-order valence-electron chi connectivity index (χ0n) is 14.0. The lowest BCUT2D eigenvalue weighted by molar-refractivity contribution is 0.0931. The molecule has 0 bridgehead atoms. The molecule has 0 spiro atoms. The van der Waals surface area contributed by atoms with Crippen molar-refractivity contribution in [1.29, 1.82) is 0 Å². The molecule has 2 aromatic carbocycles. The van der Waals surface area contributed by atoms with E-state index in [1.54, 1.807) is 6.20 Å². The first-order chi connectivity index (χ1) is 12.3. The molecule has 1 amide bonds. The molecule has 4 heteroatoms. The van der Waals surface area contributed by atoms with Crippen LogP contribution in [0.1, 0.15) is 40.4 Å². The number of rotatable bonds is 6. The van der Waals surface area contributed by atoms with Crippen molar-refractivity contribution >= 4 is 5.91 Å². The van der Waals surface area contributed by atoms with E-state index in [0.717, 1.165) is 5.56 Å². The van der Waals surface area contributed by atoms with E-state index in [4.69, 9.17) is 0 Å². The molecule has 0 radical (unpaired) electrons. The minimum absolute atomic E-state index is 0.00797. The van der Waals surface area contributed by atoms with Crippen molar-refractivity contribution in [2.75, 3.05) is 0 Å². The first-order valence-electron chi connectivity index (χ1n) is 8.72. The van der Waals surface area contributed by atoms with E-state index in [9.17, 15) is 4.79 Å². The zero-order chi connectivity index (χ0) is 17.1. The van der Waals surface area contributed by atoms with Crippen LogP contribution in [0.15, 0.2) is 73.1 Å². The molecule has 126 valence electrons. The van der Waals surface area contributed by atoms with Gasteiger partial charge in [0, 0.05) is 18.0 Å². The topological polar surface area (TPSA) is 46.9 Å². The molecule has 1 unspecified atom stereocenters. The predicted molar refractivity (Wildman–Crippen MR) is 97.1 cm³/mol. The van der Waals surface area contributed by atoms with E-state index in [0.29, 0.717) is 18.0 Å². The maximum Gasteiger partial charge on any atom is 0.251 e. The lowest BCUT2D eigenvalue weighted by Gasteiger charge is -2.19. The molecule has 1 aliphatic carbocycles. The monoisotopic (exact) mass is 331 g/mol. The van der Waals surface area contributed by atoms with Gasteiger partial charge in [-0.25, -0.2) is 0 Å². The number of carbonyl (C=O) groups is 1. The second-order valence-corrected chi connectivity index (χ2v) is 6.60. The number of nitrogens with zero attached hydrogens (tertiary/aromatic N) is 2. The molecule has 3 aromatic rings. The highest BCUT2D eigenvalue weighted by Gasteiger charge is 2.33. The fraction of sp³-hybridized carbons (Fsp3) is 0.238. The molecule has 4 rings (SSSR count). The molecule has 1 aromatic heterocycles. The van der Waals surface area contributed by atoms with E-state index < -0.39 is 0 Å². The maximum absolute atomic E-state index is 12.7. The second kappa shape index (κ2) is 6.93. The molecule has 1 aliphatic rings. The summed E-state index contributed by atoms with van der Waals surface area (Å²) < 4.78 is 1.87. The van der Waals surface area contributed by atoms with Gasteiger partial charge in [0.2, 0.25) is 0 Å². The van der Waals surface area contributed by atoms with Crippen LogP contribution in [-0.2, 0) is 6.54 Å². The van der Waals surface area contributed by atoms with Gasteiger partial charge in [-0.05, 0) is 48.1 Å². The van der Waals surface area contributed by atoms with Gasteiger partial charge in [0.1, 0.15) is 0 Å². The third-order valence-electron chi connectivity index (χ3n) is 4.66. The van der Waals surface area contributed by atoms with Gasteiger partial charge in [-0.1, -0.05) is 42.5 Å². The van der Waals surface area contributed by atoms with Crippen molar-refractivity contribution in [3.63, 3.8) is 0 Å². The molecule has 0 saturated heterocycles. The van der Waals surface area contributed by atoms with Gasteiger partial charge in [0.15, 0.2) is 0 Å². The van der Waals surface area contributed by atoms with E-state index in [1.165, 1.54) is 18.4 Å². The quantitative estimate of drug-likeness (QED) is 0.746. The van der Waals surface area contributed by atoms with Gasteiger partial charge < -0.3 is 5.32 Å². The number of benzene rings is 2. The fourth-order valence-corrected chi connectivity index (χ4v) is 3.13. The number of aromatic nitrogens is 2. The lowest BCUT2D eigenvalue weighted by Crippen LogP contribution is -2.29. The summed E-state index contributed by atoms with van der Waals surface area (Å²) in [5, 5.41) is 7.43. The van der Waals surface area contributed by atoms with Crippen LogP contribution in [0.25, 0.3) is 0 Å². The predicted octanol–water partition coefficient (Wildman–Crippen LogP) is 3.81. The summed E-state index contributed by atoms with van der Waals surface area (Å²) in [5.41, 5.74) is 3.02. The van der Waals surface area contributed by atoms with Crippen molar-refractivity contribution in [2.24, 2.45) is 5.92 Å². The first kappa shape index (κ1) is 15.6. The number of amides is 1.